The van der Waals surface area contributed by atoms with Crippen molar-refractivity contribution < 1.29 is 9.13 Å². The third kappa shape index (κ3) is 2.82. The lowest BCUT2D eigenvalue weighted by Gasteiger charge is -2.33. The molecule has 0 unspecified atom stereocenters. The maximum atomic E-state index is 14.2. The van der Waals surface area contributed by atoms with Crippen LogP contribution in [-0.2, 0) is 5.54 Å². The van der Waals surface area contributed by atoms with Crippen molar-refractivity contribution in [1.82, 2.24) is 24.9 Å². The minimum absolute atomic E-state index is 0.0291. The number of rotatable bonds is 1. The van der Waals surface area contributed by atoms with Gasteiger partial charge in [-0.2, -0.15) is 5.10 Å². The van der Waals surface area contributed by atoms with Gasteiger partial charge in [-0.05, 0) is 38.8 Å². The first-order valence-electron chi connectivity index (χ1n) is 9.88. The van der Waals surface area contributed by atoms with Gasteiger partial charge in [0.25, 0.3) is 0 Å². The number of nitrogens with one attached hydrogen (secondary N) is 1. The quantitative estimate of drug-likeness (QED) is 0.684. The van der Waals surface area contributed by atoms with E-state index in [-0.39, 0.29) is 17.4 Å². The van der Waals surface area contributed by atoms with Gasteiger partial charge in [0, 0.05) is 24.0 Å². The van der Waals surface area contributed by atoms with E-state index in [1.165, 1.54) is 6.20 Å². The van der Waals surface area contributed by atoms with Crippen LogP contribution in [0.5, 0.6) is 5.88 Å². The van der Waals surface area contributed by atoms with Crippen LogP contribution >= 0.6 is 0 Å². The zero-order valence-corrected chi connectivity index (χ0v) is 16.5. The van der Waals surface area contributed by atoms with E-state index in [0.29, 0.717) is 12.5 Å². The van der Waals surface area contributed by atoms with Crippen LogP contribution < -0.4 is 15.0 Å². The highest BCUT2D eigenvalue weighted by Gasteiger charge is 2.52. The fraction of sp³-hybridized carbons (Fsp3) is 0.381. The maximum absolute atomic E-state index is 14.2. The normalized spacial score (nSPS) is 20.4. The van der Waals surface area contributed by atoms with E-state index >= 15 is 0 Å². The lowest BCUT2D eigenvalue weighted by molar-refractivity contribution is 0.268. The zero-order valence-electron chi connectivity index (χ0n) is 16.5. The lowest BCUT2D eigenvalue weighted by atomic mass is 10.0. The summed E-state index contributed by atoms with van der Waals surface area (Å²) in [6, 6.07) is 3.47. The van der Waals surface area contributed by atoms with Crippen LogP contribution in [0.1, 0.15) is 37.8 Å². The molecule has 1 atom stereocenters. The predicted molar refractivity (Wildman–Crippen MR) is 108 cm³/mol. The molecule has 1 aliphatic carbocycles. The van der Waals surface area contributed by atoms with E-state index in [2.05, 4.69) is 33.8 Å². The number of ether oxygens (including phenoxy) is 1. The van der Waals surface area contributed by atoms with Gasteiger partial charge in [-0.25, -0.2) is 18.9 Å². The van der Waals surface area contributed by atoms with Gasteiger partial charge >= 0.3 is 0 Å². The van der Waals surface area contributed by atoms with Gasteiger partial charge in [-0.15, -0.1) is 0 Å². The number of aromatic nitrogens is 4. The molecule has 1 fully saturated rings. The highest BCUT2D eigenvalue weighted by Crippen LogP contribution is 2.54. The molecule has 4 heterocycles. The fourth-order valence-electron chi connectivity index (χ4n) is 4.21. The molecule has 0 aromatic carbocycles. The highest BCUT2D eigenvalue weighted by atomic mass is 19.1. The average Bonchev–Trinajstić information content (AvgIpc) is 3.38. The summed E-state index contributed by atoms with van der Waals surface area (Å²) in [6.45, 7) is 9.35. The molecule has 2 aliphatic rings. The second-order valence-corrected chi connectivity index (χ2v) is 7.73. The summed E-state index contributed by atoms with van der Waals surface area (Å²) in [7, 11) is 0. The Morgan fingerprint density at radius 3 is 2.97 bits per heavy atom. The first kappa shape index (κ1) is 17.9. The number of halogens is 1. The van der Waals surface area contributed by atoms with Gasteiger partial charge in [0.15, 0.2) is 5.65 Å². The minimum atomic E-state index is -0.369. The maximum Gasteiger partial charge on any atom is 0.219 e. The Bertz CT molecular complexity index is 1110. The molecule has 3 aromatic heterocycles. The Hall–Kier alpha value is -3.16. The lowest BCUT2D eigenvalue weighted by Crippen LogP contribution is -2.37. The highest BCUT2D eigenvalue weighted by molar-refractivity contribution is 5.74. The summed E-state index contributed by atoms with van der Waals surface area (Å²) in [5.41, 5.74) is 2.73. The number of hydrogen-bond acceptors (Lipinski definition) is 6. The number of hydrogen-bond donors (Lipinski definition) is 1. The van der Waals surface area contributed by atoms with Crippen molar-refractivity contribution >= 4 is 17.2 Å². The largest absolute Gasteiger partial charge is 0.475 e. The first-order chi connectivity index (χ1) is 14.0. The van der Waals surface area contributed by atoms with Gasteiger partial charge < -0.3 is 15.0 Å². The molecule has 8 heteroatoms. The van der Waals surface area contributed by atoms with Crippen LogP contribution in [0.2, 0.25) is 0 Å². The van der Waals surface area contributed by atoms with E-state index < -0.39 is 0 Å². The molecule has 150 valence electrons. The fourth-order valence-corrected chi connectivity index (χ4v) is 4.21. The topological polar surface area (TPSA) is 67.6 Å². The Labute approximate surface area is 168 Å². The Kier molecular flexibility index (Phi) is 3.97. The molecule has 29 heavy (non-hydrogen) atoms. The van der Waals surface area contributed by atoms with E-state index in [9.17, 15) is 4.39 Å². The molecule has 1 saturated carbocycles. The Morgan fingerprint density at radius 2 is 2.21 bits per heavy atom. The summed E-state index contributed by atoms with van der Waals surface area (Å²) in [4.78, 5) is 11.4. The van der Waals surface area contributed by atoms with Crippen molar-refractivity contribution in [1.29, 1.82) is 0 Å². The number of anilines is 1. The molecule has 1 spiro atoms. The first-order valence-corrected chi connectivity index (χ1v) is 9.88. The minimum Gasteiger partial charge on any atom is -0.475 e. The summed E-state index contributed by atoms with van der Waals surface area (Å²) in [6.07, 6.45) is 6.66. The summed E-state index contributed by atoms with van der Waals surface area (Å²) in [5.74, 6) is 0.930. The molecular formula is C21H23FN6O. The molecule has 0 radical (unpaired) electrons. The average molecular weight is 394 g/mol. The van der Waals surface area contributed by atoms with Crippen LogP contribution in [0.25, 0.3) is 11.3 Å². The van der Waals surface area contributed by atoms with Crippen molar-refractivity contribution in [2.24, 2.45) is 0 Å². The van der Waals surface area contributed by atoms with E-state index in [1.807, 2.05) is 19.2 Å². The third-order valence-corrected chi connectivity index (χ3v) is 5.72. The van der Waals surface area contributed by atoms with Crippen LogP contribution in [0.15, 0.2) is 37.3 Å². The Balaban J connectivity index is 1.72. The van der Waals surface area contributed by atoms with Crippen LogP contribution in [0.3, 0.4) is 0 Å². The molecule has 0 amide bonds. The standard InChI is InChI=1S/C21H23FN6O/c1-4-27-18-5-8-28-19(26-18)16(11-24-28)14(3)25-13(2)12-29-20-17(21(27)6-7-21)9-15(22)10-23-20/h5,8-11,13,25H,3-4,6-7,12H2,1-2H3/t13-/m0/s1. The van der Waals surface area contributed by atoms with E-state index in [4.69, 9.17) is 9.72 Å². The monoisotopic (exact) mass is 394 g/mol. The van der Waals surface area contributed by atoms with Crippen molar-refractivity contribution in [3.8, 4) is 5.88 Å². The summed E-state index contributed by atoms with van der Waals surface area (Å²) >= 11 is 0. The molecule has 3 aromatic rings. The molecule has 2 bridgehead atoms. The summed E-state index contributed by atoms with van der Waals surface area (Å²) < 4.78 is 22.0. The SMILES string of the molecule is C=C1N[C@@H](C)COc2ncc(F)cc2C2(CC2)N(CC)c2ccn3ncc1c3n2. The van der Waals surface area contributed by atoms with E-state index in [0.717, 1.165) is 47.7 Å². The van der Waals surface area contributed by atoms with Crippen LogP contribution in [-0.4, -0.2) is 38.8 Å². The van der Waals surface area contributed by atoms with Gasteiger partial charge in [0.1, 0.15) is 18.2 Å². The molecule has 1 aliphatic heterocycles. The Morgan fingerprint density at radius 1 is 1.38 bits per heavy atom. The smallest absolute Gasteiger partial charge is 0.219 e. The molecule has 5 rings (SSSR count). The number of nitrogens with zero attached hydrogens (tertiary/aromatic N) is 5. The van der Waals surface area contributed by atoms with E-state index in [1.54, 1.807) is 16.8 Å². The molecule has 7 nitrogen and oxygen atoms in total. The van der Waals surface area contributed by atoms with Crippen molar-refractivity contribution in [2.45, 2.75) is 38.3 Å². The van der Waals surface area contributed by atoms with Gasteiger partial charge in [-0.1, -0.05) is 6.58 Å². The van der Waals surface area contributed by atoms with Gasteiger partial charge in [0.2, 0.25) is 5.88 Å². The van der Waals surface area contributed by atoms with Gasteiger partial charge in [-0.3, -0.25) is 0 Å². The second kappa shape index (κ2) is 6.43. The van der Waals surface area contributed by atoms with Crippen molar-refractivity contribution in [3.63, 3.8) is 0 Å². The van der Waals surface area contributed by atoms with Crippen molar-refractivity contribution in [2.75, 3.05) is 18.1 Å². The van der Waals surface area contributed by atoms with Crippen LogP contribution in [0.4, 0.5) is 10.2 Å². The molecular weight excluding hydrogens is 371 g/mol. The molecule has 1 N–H and O–H groups in total. The predicted octanol–water partition coefficient (Wildman–Crippen LogP) is 3.12. The van der Waals surface area contributed by atoms with Crippen molar-refractivity contribution in [3.05, 3.63) is 54.2 Å². The second-order valence-electron chi connectivity index (χ2n) is 7.73. The summed E-state index contributed by atoms with van der Waals surface area (Å²) in [5, 5.41) is 7.75. The van der Waals surface area contributed by atoms with Gasteiger partial charge in [0.05, 0.1) is 29.5 Å². The third-order valence-electron chi connectivity index (χ3n) is 5.72. The van der Waals surface area contributed by atoms with Crippen LogP contribution in [0, 0.1) is 5.82 Å². The zero-order chi connectivity index (χ0) is 20.2. The number of fused-ring (bicyclic) bond motifs is 3. The molecule has 0 saturated heterocycles. The number of pyridine rings is 1.